The molecule has 1 fully saturated rings. The Kier molecular flexibility index (Phi) is 7.96. The van der Waals surface area contributed by atoms with Gasteiger partial charge in [0.1, 0.15) is 0 Å². The summed E-state index contributed by atoms with van der Waals surface area (Å²) in [5.74, 6) is 0. The van der Waals surface area contributed by atoms with Gasteiger partial charge in [0.2, 0.25) is 0 Å². The summed E-state index contributed by atoms with van der Waals surface area (Å²) in [4.78, 5) is 2.69. The highest BCUT2D eigenvalue weighted by atomic mass is 16.5. The van der Waals surface area contributed by atoms with E-state index in [9.17, 15) is 0 Å². The molecule has 19 heavy (non-hydrogen) atoms. The molecular weight excluding hydrogens is 236 g/mol. The van der Waals surface area contributed by atoms with Gasteiger partial charge in [-0.1, -0.05) is 27.7 Å². The second-order valence-corrected chi connectivity index (χ2v) is 5.87. The molecule has 1 heterocycles. The van der Waals surface area contributed by atoms with Crippen molar-refractivity contribution in [1.82, 2.24) is 10.2 Å². The van der Waals surface area contributed by atoms with Gasteiger partial charge in [-0.05, 0) is 32.1 Å². The predicted octanol–water partition coefficient (Wildman–Crippen LogP) is 3.05. The normalized spacial score (nSPS) is 23.7. The smallest absolute Gasteiger partial charge is 0.0478 e. The van der Waals surface area contributed by atoms with Crippen molar-refractivity contribution in [2.75, 3.05) is 32.8 Å². The van der Waals surface area contributed by atoms with E-state index in [-0.39, 0.29) is 0 Å². The van der Waals surface area contributed by atoms with Crippen molar-refractivity contribution in [1.29, 1.82) is 0 Å². The van der Waals surface area contributed by atoms with E-state index in [1.165, 1.54) is 38.8 Å². The minimum atomic E-state index is 0.343. The Morgan fingerprint density at radius 1 is 1.16 bits per heavy atom. The van der Waals surface area contributed by atoms with E-state index in [0.29, 0.717) is 11.6 Å². The van der Waals surface area contributed by atoms with E-state index in [1.54, 1.807) is 0 Å². The molecule has 0 amide bonds. The Morgan fingerprint density at radius 2 is 1.89 bits per heavy atom. The molecule has 0 aromatic carbocycles. The van der Waals surface area contributed by atoms with Crippen molar-refractivity contribution in [3.05, 3.63) is 0 Å². The lowest BCUT2D eigenvalue weighted by atomic mass is 9.88. The Balaban J connectivity index is 2.41. The average molecular weight is 270 g/mol. The highest BCUT2D eigenvalue weighted by Gasteiger charge is 2.35. The molecular formula is C16H34N2O. The van der Waals surface area contributed by atoms with Crippen molar-refractivity contribution in [2.24, 2.45) is 0 Å². The molecule has 114 valence electrons. The molecule has 1 aliphatic rings. The zero-order chi connectivity index (χ0) is 14.1. The fraction of sp³-hybridized carbons (Fsp3) is 1.00. The van der Waals surface area contributed by atoms with Gasteiger partial charge < -0.3 is 10.1 Å². The molecule has 0 saturated carbocycles. The largest absolute Gasteiger partial charge is 0.381 e. The quantitative estimate of drug-likeness (QED) is 0.652. The number of ether oxygens (including phenoxy) is 1. The molecule has 3 heteroatoms. The highest BCUT2D eigenvalue weighted by molar-refractivity contribution is 4.96. The summed E-state index contributed by atoms with van der Waals surface area (Å²) in [6.45, 7) is 14.5. The maximum atomic E-state index is 5.61. The van der Waals surface area contributed by atoms with Gasteiger partial charge in [-0.3, -0.25) is 4.90 Å². The first-order chi connectivity index (χ1) is 9.21. The Labute approximate surface area is 120 Å². The van der Waals surface area contributed by atoms with E-state index in [2.05, 4.69) is 37.9 Å². The fourth-order valence-electron chi connectivity index (χ4n) is 3.04. The molecule has 1 unspecified atom stereocenters. The van der Waals surface area contributed by atoms with Crippen molar-refractivity contribution < 1.29 is 4.74 Å². The van der Waals surface area contributed by atoms with Crippen LogP contribution in [0, 0.1) is 0 Å². The molecule has 0 spiro atoms. The second-order valence-electron chi connectivity index (χ2n) is 5.87. The molecule has 1 aliphatic heterocycles. The van der Waals surface area contributed by atoms with Gasteiger partial charge in [-0.2, -0.15) is 0 Å². The number of nitrogens with one attached hydrogen (secondary N) is 1. The van der Waals surface area contributed by atoms with Crippen LogP contribution in [-0.4, -0.2) is 49.3 Å². The van der Waals surface area contributed by atoms with Gasteiger partial charge in [0, 0.05) is 44.4 Å². The molecule has 0 radical (unpaired) electrons. The molecule has 0 aromatic rings. The Morgan fingerprint density at radius 3 is 2.47 bits per heavy atom. The molecule has 3 nitrogen and oxygen atoms in total. The van der Waals surface area contributed by atoms with Crippen LogP contribution < -0.4 is 5.32 Å². The minimum absolute atomic E-state index is 0.343. The van der Waals surface area contributed by atoms with E-state index in [0.717, 1.165) is 26.2 Å². The summed E-state index contributed by atoms with van der Waals surface area (Å²) in [7, 11) is 0. The predicted molar refractivity (Wildman–Crippen MR) is 82.7 cm³/mol. The third-order valence-electron chi connectivity index (χ3n) is 4.64. The summed E-state index contributed by atoms with van der Waals surface area (Å²) < 4.78 is 5.61. The summed E-state index contributed by atoms with van der Waals surface area (Å²) in [6, 6.07) is 0.706. The fourth-order valence-corrected chi connectivity index (χ4v) is 3.04. The highest BCUT2D eigenvalue weighted by Crippen LogP contribution is 2.23. The number of hydrogen-bond donors (Lipinski definition) is 1. The van der Waals surface area contributed by atoms with Crippen LogP contribution in [0.2, 0.25) is 0 Å². The topological polar surface area (TPSA) is 24.5 Å². The number of piperazine rings is 1. The van der Waals surface area contributed by atoms with Crippen molar-refractivity contribution in [2.45, 2.75) is 71.4 Å². The number of nitrogens with zero attached hydrogens (tertiary/aromatic N) is 1. The first-order valence-electron chi connectivity index (χ1n) is 8.28. The lowest BCUT2D eigenvalue weighted by molar-refractivity contribution is 0.0564. The molecule has 1 atom stereocenters. The van der Waals surface area contributed by atoms with Crippen molar-refractivity contribution in [3.63, 3.8) is 0 Å². The first kappa shape index (κ1) is 16.9. The third kappa shape index (κ3) is 5.05. The van der Waals surface area contributed by atoms with Gasteiger partial charge in [0.25, 0.3) is 0 Å². The van der Waals surface area contributed by atoms with Gasteiger partial charge in [-0.15, -0.1) is 0 Å². The van der Waals surface area contributed by atoms with Crippen LogP contribution in [0.4, 0.5) is 0 Å². The number of hydrogen-bond acceptors (Lipinski definition) is 3. The van der Waals surface area contributed by atoms with Gasteiger partial charge in [0.15, 0.2) is 0 Å². The summed E-state index contributed by atoms with van der Waals surface area (Å²) >= 11 is 0. The maximum absolute atomic E-state index is 5.61. The second kappa shape index (κ2) is 8.93. The van der Waals surface area contributed by atoms with Crippen molar-refractivity contribution in [3.8, 4) is 0 Å². The molecule has 1 rings (SSSR count). The summed E-state index contributed by atoms with van der Waals surface area (Å²) in [5.41, 5.74) is 0.343. The van der Waals surface area contributed by atoms with E-state index in [1.807, 2.05) is 0 Å². The lowest BCUT2D eigenvalue weighted by Gasteiger charge is -2.47. The van der Waals surface area contributed by atoms with Gasteiger partial charge in [0.05, 0.1) is 0 Å². The zero-order valence-electron chi connectivity index (χ0n) is 13.5. The lowest BCUT2D eigenvalue weighted by Crippen LogP contribution is -2.63. The third-order valence-corrected chi connectivity index (χ3v) is 4.64. The average Bonchev–Trinajstić information content (AvgIpc) is 2.46. The maximum Gasteiger partial charge on any atom is 0.0478 e. The standard InChI is InChI=1S/C16H34N2O/c1-5-11-19-12-9-10-18-14-16(7-3,8-4)17-13-15(18)6-2/h15,17H,5-14H2,1-4H3. The summed E-state index contributed by atoms with van der Waals surface area (Å²) in [6.07, 6.45) is 5.98. The van der Waals surface area contributed by atoms with Crippen molar-refractivity contribution >= 4 is 0 Å². The van der Waals surface area contributed by atoms with Crippen LogP contribution in [0.25, 0.3) is 0 Å². The van der Waals surface area contributed by atoms with E-state index >= 15 is 0 Å². The monoisotopic (exact) mass is 270 g/mol. The SMILES string of the molecule is CCCOCCCN1CC(CC)(CC)NCC1CC. The van der Waals surface area contributed by atoms with Gasteiger partial charge >= 0.3 is 0 Å². The molecule has 0 aliphatic carbocycles. The van der Waals surface area contributed by atoms with Gasteiger partial charge in [-0.25, -0.2) is 0 Å². The van der Waals surface area contributed by atoms with Crippen LogP contribution in [0.3, 0.4) is 0 Å². The van der Waals surface area contributed by atoms with Crippen LogP contribution >= 0.6 is 0 Å². The van der Waals surface area contributed by atoms with Crippen LogP contribution in [0.15, 0.2) is 0 Å². The Bertz CT molecular complexity index is 229. The van der Waals surface area contributed by atoms with Crippen LogP contribution in [0.5, 0.6) is 0 Å². The molecule has 0 aromatic heterocycles. The molecule has 1 N–H and O–H groups in total. The Hall–Kier alpha value is -0.120. The van der Waals surface area contributed by atoms with E-state index < -0.39 is 0 Å². The molecule has 0 bridgehead atoms. The molecule has 1 saturated heterocycles. The zero-order valence-corrected chi connectivity index (χ0v) is 13.5. The number of rotatable bonds is 9. The summed E-state index contributed by atoms with van der Waals surface area (Å²) in [5, 5.41) is 3.80. The van der Waals surface area contributed by atoms with E-state index in [4.69, 9.17) is 4.74 Å². The van der Waals surface area contributed by atoms with Crippen LogP contribution in [-0.2, 0) is 4.74 Å². The minimum Gasteiger partial charge on any atom is -0.381 e. The van der Waals surface area contributed by atoms with Crippen LogP contribution in [0.1, 0.15) is 59.8 Å². The first-order valence-corrected chi connectivity index (χ1v) is 8.28.